The third kappa shape index (κ3) is 2.61. The van der Waals surface area contributed by atoms with Crippen LogP contribution >= 0.6 is 0 Å². The molecule has 0 fully saturated rings. The van der Waals surface area contributed by atoms with Gasteiger partial charge in [-0.2, -0.15) is 4.98 Å². The number of methoxy groups -OCH3 is 1. The summed E-state index contributed by atoms with van der Waals surface area (Å²) in [6.45, 7) is 0.448. The van der Waals surface area contributed by atoms with Gasteiger partial charge in [0.05, 0.1) is 12.7 Å². The van der Waals surface area contributed by atoms with Gasteiger partial charge in [0.15, 0.2) is 0 Å². The average molecular weight is 282 g/mol. The number of benzene rings is 1. The van der Waals surface area contributed by atoms with Crippen LogP contribution in [0, 0.1) is 0 Å². The fourth-order valence-electron chi connectivity index (χ4n) is 1.94. The highest BCUT2D eigenvalue weighted by Crippen LogP contribution is 2.28. The van der Waals surface area contributed by atoms with Crippen LogP contribution in [0.5, 0.6) is 5.75 Å². The second kappa shape index (κ2) is 5.72. The third-order valence-electron chi connectivity index (χ3n) is 3.05. The number of aromatic nitrogens is 3. The van der Waals surface area contributed by atoms with E-state index in [9.17, 15) is 0 Å². The van der Waals surface area contributed by atoms with Crippen LogP contribution < -0.4 is 10.5 Å². The van der Waals surface area contributed by atoms with Crippen molar-refractivity contribution in [1.82, 2.24) is 15.1 Å². The Labute approximate surface area is 121 Å². The molecule has 0 amide bonds. The van der Waals surface area contributed by atoms with Crippen molar-refractivity contribution in [3.63, 3.8) is 0 Å². The van der Waals surface area contributed by atoms with Crippen LogP contribution in [0.3, 0.4) is 0 Å². The minimum Gasteiger partial charge on any atom is -0.496 e. The van der Waals surface area contributed by atoms with E-state index in [-0.39, 0.29) is 0 Å². The molecule has 0 radical (unpaired) electrons. The Kier molecular flexibility index (Phi) is 3.61. The molecule has 0 aliphatic heterocycles. The summed E-state index contributed by atoms with van der Waals surface area (Å²) < 4.78 is 10.6. The molecule has 0 spiro atoms. The van der Waals surface area contributed by atoms with Gasteiger partial charge >= 0.3 is 0 Å². The molecule has 0 aliphatic carbocycles. The van der Waals surface area contributed by atoms with Crippen molar-refractivity contribution >= 4 is 0 Å². The van der Waals surface area contributed by atoms with Crippen molar-refractivity contribution in [1.29, 1.82) is 0 Å². The number of rotatable bonds is 4. The SMILES string of the molecule is COc1ccccc1-c1noc(-c2ccc(CN)cn2)n1. The molecular formula is C15H14N4O2. The number of para-hydroxylation sites is 1. The Bertz CT molecular complexity index is 737. The zero-order valence-electron chi connectivity index (χ0n) is 11.5. The first-order valence-electron chi connectivity index (χ1n) is 6.44. The van der Waals surface area contributed by atoms with Crippen molar-refractivity contribution in [3.8, 4) is 28.7 Å². The Morgan fingerprint density at radius 2 is 2.05 bits per heavy atom. The second-order valence-corrected chi connectivity index (χ2v) is 4.38. The van der Waals surface area contributed by atoms with E-state index in [2.05, 4.69) is 15.1 Å². The summed E-state index contributed by atoms with van der Waals surface area (Å²) in [5.74, 6) is 1.52. The van der Waals surface area contributed by atoms with E-state index in [1.54, 1.807) is 13.3 Å². The van der Waals surface area contributed by atoms with Crippen LogP contribution in [0.25, 0.3) is 23.0 Å². The van der Waals surface area contributed by atoms with Gasteiger partial charge in [0.2, 0.25) is 5.82 Å². The van der Waals surface area contributed by atoms with Crippen LogP contribution in [0.15, 0.2) is 47.1 Å². The fourth-order valence-corrected chi connectivity index (χ4v) is 1.94. The molecule has 6 nitrogen and oxygen atoms in total. The topological polar surface area (TPSA) is 87.1 Å². The largest absolute Gasteiger partial charge is 0.496 e. The number of pyridine rings is 1. The molecule has 0 saturated carbocycles. The van der Waals surface area contributed by atoms with Crippen molar-refractivity contribution < 1.29 is 9.26 Å². The van der Waals surface area contributed by atoms with Gasteiger partial charge in [-0.05, 0) is 23.8 Å². The quantitative estimate of drug-likeness (QED) is 0.789. The monoisotopic (exact) mass is 282 g/mol. The lowest BCUT2D eigenvalue weighted by atomic mass is 10.2. The molecule has 1 aromatic carbocycles. The number of hydrogen-bond donors (Lipinski definition) is 1. The van der Waals surface area contributed by atoms with E-state index in [0.29, 0.717) is 29.7 Å². The lowest BCUT2D eigenvalue weighted by Gasteiger charge is -2.03. The molecule has 106 valence electrons. The van der Waals surface area contributed by atoms with E-state index in [1.807, 2.05) is 36.4 Å². The highest BCUT2D eigenvalue weighted by molar-refractivity contribution is 5.65. The zero-order valence-corrected chi connectivity index (χ0v) is 11.5. The predicted molar refractivity (Wildman–Crippen MR) is 77.4 cm³/mol. The first-order valence-corrected chi connectivity index (χ1v) is 6.44. The van der Waals surface area contributed by atoms with Gasteiger partial charge < -0.3 is 15.0 Å². The molecule has 2 heterocycles. The highest BCUT2D eigenvalue weighted by Gasteiger charge is 2.14. The molecule has 21 heavy (non-hydrogen) atoms. The standard InChI is InChI=1S/C15H14N4O2/c1-20-13-5-3-2-4-11(13)14-18-15(21-19-14)12-7-6-10(8-16)9-17-12/h2-7,9H,8,16H2,1H3. The van der Waals surface area contributed by atoms with E-state index in [4.69, 9.17) is 15.0 Å². The molecule has 3 aromatic rings. The maximum Gasteiger partial charge on any atom is 0.276 e. The molecule has 0 aliphatic rings. The smallest absolute Gasteiger partial charge is 0.276 e. The van der Waals surface area contributed by atoms with Gasteiger partial charge in [-0.15, -0.1) is 0 Å². The summed E-state index contributed by atoms with van der Waals surface area (Å²) in [6.07, 6.45) is 1.70. The molecule has 0 bridgehead atoms. The number of hydrogen-bond acceptors (Lipinski definition) is 6. The zero-order chi connectivity index (χ0) is 14.7. The maximum absolute atomic E-state index is 5.55. The summed E-state index contributed by atoms with van der Waals surface area (Å²) in [7, 11) is 1.60. The predicted octanol–water partition coefficient (Wildman–Crippen LogP) is 2.27. The van der Waals surface area contributed by atoms with Gasteiger partial charge in [-0.3, -0.25) is 4.98 Å². The molecule has 0 atom stereocenters. The van der Waals surface area contributed by atoms with Crippen molar-refractivity contribution in [2.75, 3.05) is 7.11 Å². The van der Waals surface area contributed by atoms with E-state index in [0.717, 1.165) is 11.1 Å². The minimum absolute atomic E-state index is 0.361. The Balaban J connectivity index is 1.95. The molecule has 2 aromatic heterocycles. The van der Waals surface area contributed by atoms with Crippen LogP contribution in [0.4, 0.5) is 0 Å². The molecule has 0 unspecified atom stereocenters. The Morgan fingerprint density at radius 1 is 1.19 bits per heavy atom. The second-order valence-electron chi connectivity index (χ2n) is 4.38. The average Bonchev–Trinajstić information content (AvgIpc) is 3.04. The summed E-state index contributed by atoms with van der Waals surface area (Å²) >= 11 is 0. The molecule has 3 rings (SSSR count). The maximum atomic E-state index is 5.55. The van der Waals surface area contributed by atoms with Crippen molar-refractivity contribution in [3.05, 3.63) is 48.2 Å². The van der Waals surface area contributed by atoms with Gasteiger partial charge in [0, 0.05) is 12.7 Å². The first kappa shape index (κ1) is 13.3. The lowest BCUT2D eigenvalue weighted by Crippen LogP contribution is -1.96. The van der Waals surface area contributed by atoms with E-state index >= 15 is 0 Å². The van der Waals surface area contributed by atoms with E-state index < -0.39 is 0 Å². The Morgan fingerprint density at radius 3 is 2.76 bits per heavy atom. The number of ether oxygens (including phenoxy) is 1. The molecule has 0 saturated heterocycles. The molecule has 6 heteroatoms. The fraction of sp³-hybridized carbons (Fsp3) is 0.133. The number of nitrogens with zero attached hydrogens (tertiary/aromatic N) is 3. The molecule has 2 N–H and O–H groups in total. The molecular weight excluding hydrogens is 268 g/mol. The van der Waals surface area contributed by atoms with Gasteiger partial charge in [0.1, 0.15) is 11.4 Å². The van der Waals surface area contributed by atoms with Crippen molar-refractivity contribution in [2.45, 2.75) is 6.54 Å². The summed E-state index contributed by atoms with van der Waals surface area (Å²) in [4.78, 5) is 8.63. The highest BCUT2D eigenvalue weighted by atomic mass is 16.5. The normalized spacial score (nSPS) is 10.6. The van der Waals surface area contributed by atoms with Crippen LogP contribution in [0.1, 0.15) is 5.56 Å². The van der Waals surface area contributed by atoms with Crippen molar-refractivity contribution in [2.24, 2.45) is 5.73 Å². The third-order valence-corrected chi connectivity index (χ3v) is 3.05. The summed E-state index contributed by atoms with van der Waals surface area (Å²) in [5.41, 5.74) is 7.88. The van der Waals surface area contributed by atoms with E-state index in [1.165, 1.54) is 0 Å². The number of nitrogens with two attached hydrogens (primary N) is 1. The summed E-state index contributed by atoms with van der Waals surface area (Å²) in [5, 5.41) is 3.98. The summed E-state index contributed by atoms with van der Waals surface area (Å²) in [6, 6.07) is 11.2. The van der Waals surface area contributed by atoms with Gasteiger partial charge in [-0.25, -0.2) is 0 Å². The van der Waals surface area contributed by atoms with Gasteiger partial charge in [-0.1, -0.05) is 23.4 Å². The first-order chi connectivity index (χ1) is 10.3. The van der Waals surface area contributed by atoms with Gasteiger partial charge in [0.25, 0.3) is 5.89 Å². The van der Waals surface area contributed by atoms with Crippen LogP contribution in [0.2, 0.25) is 0 Å². The minimum atomic E-state index is 0.361. The lowest BCUT2D eigenvalue weighted by molar-refractivity contribution is 0.413. The Hall–Kier alpha value is -2.73. The van der Waals surface area contributed by atoms with Crippen LogP contribution in [-0.2, 0) is 6.54 Å². The van der Waals surface area contributed by atoms with Crippen LogP contribution in [-0.4, -0.2) is 22.2 Å².